The highest BCUT2D eigenvalue weighted by atomic mass is 32.2. The van der Waals surface area contributed by atoms with Crippen molar-refractivity contribution in [3.8, 4) is 0 Å². The first-order valence-electron chi connectivity index (χ1n) is 8.80. The molecule has 6 nitrogen and oxygen atoms in total. The Morgan fingerprint density at radius 2 is 2.12 bits per heavy atom. The average molecular weight is 387 g/mol. The molecule has 1 aromatic carbocycles. The Balaban J connectivity index is 1.61. The second-order valence-electron chi connectivity index (χ2n) is 6.77. The molecule has 2 fully saturated rings. The third kappa shape index (κ3) is 4.39. The van der Waals surface area contributed by atoms with Crippen molar-refractivity contribution in [2.75, 3.05) is 31.9 Å². The van der Waals surface area contributed by atoms with Gasteiger partial charge in [0.05, 0.1) is 5.75 Å². The normalized spacial score (nSPS) is 25.9. The van der Waals surface area contributed by atoms with Gasteiger partial charge >= 0.3 is 0 Å². The largest absolute Gasteiger partial charge is 0.351 e. The van der Waals surface area contributed by atoms with Gasteiger partial charge in [-0.2, -0.15) is 0 Å². The maximum atomic E-state index is 13.5. The molecule has 2 aliphatic heterocycles. The zero-order valence-corrected chi connectivity index (χ0v) is 15.2. The maximum absolute atomic E-state index is 13.5. The number of benzene rings is 1. The molecule has 9 heteroatoms. The number of nitrogens with one attached hydrogen (secondary N) is 2. The van der Waals surface area contributed by atoms with Gasteiger partial charge in [0.2, 0.25) is 15.9 Å². The molecule has 0 saturated carbocycles. The lowest BCUT2D eigenvalue weighted by Crippen LogP contribution is -2.50. The number of nitrogens with zero attached hydrogens (tertiary/aromatic N) is 1. The van der Waals surface area contributed by atoms with E-state index in [9.17, 15) is 22.0 Å². The number of hydrogen-bond donors (Lipinski definition) is 2. The van der Waals surface area contributed by atoms with E-state index < -0.39 is 21.7 Å². The molecular weight excluding hydrogens is 364 g/mol. The lowest BCUT2D eigenvalue weighted by Gasteiger charge is -2.33. The van der Waals surface area contributed by atoms with Crippen LogP contribution in [0.5, 0.6) is 0 Å². The number of carbonyl (C=O) groups is 1. The van der Waals surface area contributed by atoms with E-state index in [4.69, 9.17) is 0 Å². The van der Waals surface area contributed by atoms with Crippen molar-refractivity contribution in [1.29, 1.82) is 0 Å². The van der Waals surface area contributed by atoms with Crippen LogP contribution in [-0.2, 0) is 14.8 Å². The van der Waals surface area contributed by atoms with Gasteiger partial charge in [0.25, 0.3) is 0 Å². The van der Waals surface area contributed by atoms with Crippen LogP contribution in [-0.4, -0.2) is 56.6 Å². The van der Waals surface area contributed by atoms with Gasteiger partial charge < -0.3 is 10.6 Å². The summed E-state index contributed by atoms with van der Waals surface area (Å²) in [5.41, 5.74) is 0.651. The van der Waals surface area contributed by atoms with E-state index in [1.165, 1.54) is 10.4 Å². The van der Waals surface area contributed by atoms with Gasteiger partial charge in [0, 0.05) is 38.0 Å². The van der Waals surface area contributed by atoms with Crippen LogP contribution < -0.4 is 10.6 Å². The number of piperidine rings is 1. The number of carbonyl (C=O) groups excluding carboxylic acids is 1. The second kappa shape index (κ2) is 7.98. The molecule has 2 aliphatic rings. The summed E-state index contributed by atoms with van der Waals surface area (Å²) in [6.45, 7) is 1.88. The summed E-state index contributed by atoms with van der Waals surface area (Å²) in [6, 6.07) is 3.58. The van der Waals surface area contributed by atoms with Gasteiger partial charge in [-0.3, -0.25) is 4.79 Å². The van der Waals surface area contributed by atoms with Crippen molar-refractivity contribution >= 4 is 15.9 Å². The van der Waals surface area contributed by atoms with Gasteiger partial charge in [0.1, 0.15) is 0 Å². The van der Waals surface area contributed by atoms with Crippen LogP contribution in [0, 0.1) is 11.6 Å². The molecule has 26 heavy (non-hydrogen) atoms. The molecular formula is C17H23F2N3O3S. The van der Waals surface area contributed by atoms with Gasteiger partial charge in [-0.15, -0.1) is 0 Å². The van der Waals surface area contributed by atoms with Gasteiger partial charge in [0.15, 0.2) is 11.6 Å². The number of rotatable bonds is 5. The molecule has 1 aromatic rings. The average Bonchev–Trinajstić information content (AvgIpc) is 2.94. The molecule has 2 saturated heterocycles. The smallest absolute Gasteiger partial charge is 0.221 e. The van der Waals surface area contributed by atoms with E-state index in [0.29, 0.717) is 31.5 Å². The molecule has 1 amide bonds. The Labute approximate surface area is 152 Å². The molecule has 144 valence electrons. The SMILES string of the molecule is O=C(CCN1CCCS1(=O)=O)NC1CNCCC1c1ccc(F)c(F)c1. The highest BCUT2D eigenvalue weighted by molar-refractivity contribution is 7.89. The van der Waals surface area contributed by atoms with Crippen LogP contribution in [0.2, 0.25) is 0 Å². The van der Waals surface area contributed by atoms with E-state index in [-0.39, 0.29) is 36.6 Å². The minimum Gasteiger partial charge on any atom is -0.351 e. The summed E-state index contributed by atoms with van der Waals surface area (Å²) < 4.78 is 51.6. The van der Waals surface area contributed by atoms with E-state index in [2.05, 4.69) is 10.6 Å². The fourth-order valence-corrected chi connectivity index (χ4v) is 5.13. The monoisotopic (exact) mass is 387 g/mol. The first-order valence-corrected chi connectivity index (χ1v) is 10.4. The van der Waals surface area contributed by atoms with Crippen LogP contribution in [0.4, 0.5) is 8.78 Å². The molecule has 2 N–H and O–H groups in total. The van der Waals surface area contributed by atoms with Gasteiger partial charge in [-0.25, -0.2) is 21.5 Å². The third-order valence-corrected chi connectivity index (χ3v) is 6.95. The van der Waals surface area contributed by atoms with Crippen LogP contribution in [0.1, 0.15) is 30.7 Å². The highest BCUT2D eigenvalue weighted by Gasteiger charge is 2.30. The Hall–Kier alpha value is -1.58. The first kappa shape index (κ1) is 19.2. The minimum atomic E-state index is -3.21. The van der Waals surface area contributed by atoms with Crippen molar-refractivity contribution in [2.24, 2.45) is 0 Å². The third-order valence-electron chi connectivity index (χ3n) is 4.99. The fraction of sp³-hybridized carbons (Fsp3) is 0.588. The zero-order chi connectivity index (χ0) is 18.7. The highest BCUT2D eigenvalue weighted by Crippen LogP contribution is 2.27. The second-order valence-corrected chi connectivity index (χ2v) is 8.85. The van der Waals surface area contributed by atoms with Crippen LogP contribution >= 0.6 is 0 Å². The summed E-state index contributed by atoms with van der Waals surface area (Å²) in [5.74, 6) is -2.01. The molecule has 0 aliphatic carbocycles. The van der Waals surface area contributed by atoms with Gasteiger partial charge in [-0.1, -0.05) is 6.07 Å². The molecule has 2 unspecified atom stereocenters. The summed E-state index contributed by atoms with van der Waals surface area (Å²) in [6.07, 6.45) is 1.37. The van der Waals surface area contributed by atoms with Gasteiger partial charge in [-0.05, 0) is 37.1 Å². The quantitative estimate of drug-likeness (QED) is 0.789. The summed E-state index contributed by atoms with van der Waals surface area (Å²) in [4.78, 5) is 12.3. The topological polar surface area (TPSA) is 78.5 Å². The lowest BCUT2D eigenvalue weighted by atomic mass is 9.86. The molecule has 2 heterocycles. The zero-order valence-electron chi connectivity index (χ0n) is 14.4. The summed E-state index contributed by atoms with van der Waals surface area (Å²) >= 11 is 0. The van der Waals surface area contributed by atoms with Crippen LogP contribution in [0.15, 0.2) is 18.2 Å². The van der Waals surface area contributed by atoms with Crippen LogP contribution in [0.25, 0.3) is 0 Å². The predicted molar refractivity (Wildman–Crippen MR) is 93.1 cm³/mol. The number of hydrogen-bond acceptors (Lipinski definition) is 4. The molecule has 0 aromatic heterocycles. The minimum absolute atomic E-state index is 0.0836. The molecule has 2 atom stereocenters. The fourth-order valence-electron chi connectivity index (χ4n) is 3.60. The van der Waals surface area contributed by atoms with Crippen molar-refractivity contribution in [3.63, 3.8) is 0 Å². The van der Waals surface area contributed by atoms with E-state index in [1.54, 1.807) is 6.07 Å². The van der Waals surface area contributed by atoms with Crippen molar-refractivity contribution in [3.05, 3.63) is 35.4 Å². The summed E-state index contributed by atoms with van der Waals surface area (Å²) in [5, 5.41) is 6.10. The lowest BCUT2D eigenvalue weighted by molar-refractivity contribution is -0.122. The Morgan fingerprint density at radius 1 is 1.31 bits per heavy atom. The number of sulfonamides is 1. The maximum Gasteiger partial charge on any atom is 0.221 e. The Morgan fingerprint density at radius 3 is 2.81 bits per heavy atom. The molecule has 0 radical (unpaired) electrons. The number of halogens is 2. The first-order chi connectivity index (χ1) is 12.4. The van der Waals surface area contributed by atoms with Crippen molar-refractivity contribution < 1.29 is 22.0 Å². The van der Waals surface area contributed by atoms with Crippen molar-refractivity contribution in [1.82, 2.24) is 14.9 Å². The molecule has 0 bridgehead atoms. The van der Waals surface area contributed by atoms with E-state index in [0.717, 1.165) is 12.6 Å². The van der Waals surface area contributed by atoms with E-state index >= 15 is 0 Å². The Kier molecular flexibility index (Phi) is 5.89. The van der Waals surface area contributed by atoms with E-state index in [1.807, 2.05) is 0 Å². The summed E-state index contributed by atoms with van der Waals surface area (Å²) in [7, 11) is -3.21. The molecule has 3 rings (SSSR count). The Bertz CT molecular complexity index is 773. The standard InChI is InChI=1S/C17H23F2N3O3S/c18-14-3-2-12(10-15(14)19)13-4-6-20-11-16(13)21-17(23)5-8-22-7-1-9-26(22,24)25/h2-3,10,13,16,20H,1,4-9,11H2,(H,21,23). The molecule has 0 spiro atoms. The van der Waals surface area contributed by atoms with Crippen LogP contribution in [0.3, 0.4) is 0 Å². The van der Waals surface area contributed by atoms with Crippen molar-refractivity contribution in [2.45, 2.75) is 31.2 Å². The predicted octanol–water partition coefficient (Wildman–Crippen LogP) is 0.952. The number of amides is 1.